The predicted molar refractivity (Wildman–Crippen MR) is 22.4 cm³/mol. The van der Waals surface area contributed by atoms with Crippen LogP contribution in [0.4, 0.5) is 13.2 Å². The predicted octanol–water partition coefficient (Wildman–Crippen LogP) is 1.15. The van der Waals surface area contributed by atoms with Crippen molar-refractivity contribution >= 4 is 12.4 Å². The van der Waals surface area contributed by atoms with E-state index in [1.54, 1.807) is 0 Å². The molecule has 0 saturated carbocycles. The fraction of sp³-hybridized carbons (Fsp3) is 1.00. The minimum Gasteiger partial charge on any atom is -0.231 e. The summed E-state index contributed by atoms with van der Waals surface area (Å²) in [6.45, 7) is 0. The minimum atomic E-state index is -4.21. The van der Waals surface area contributed by atoms with Crippen LogP contribution in [0.3, 0.4) is 0 Å². The highest BCUT2D eigenvalue weighted by molar-refractivity contribution is 5.85. The third-order valence-corrected chi connectivity index (χ3v) is 0.283. The number of nitrogens with one attached hydrogen (secondary N) is 1. The molecule has 0 aromatic rings. The molecule has 0 rings (SSSR count). The molecule has 0 saturated heterocycles. The summed E-state index contributed by atoms with van der Waals surface area (Å²) in [7, 11) is 0.833. The molecule has 0 radical (unpaired) electrons. The van der Waals surface area contributed by atoms with Crippen LogP contribution in [-0.2, 0) is 0 Å². The molecular formula is C2H5ClF3N. The molecule has 0 atom stereocenters. The largest absolute Gasteiger partial charge is 0.457 e. The van der Waals surface area contributed by atoms with E-state index in [-0.39, 0.29) is 12.4 Å². The Kier molecular flexibility index (Phi) is 4.47. The van der Waals surface area contributed by atoms with Crippen molar-refractivity contribution in [1.82, 2.24) is 5.32 Å². The molecule has 0 aliphatic heterocycles. The van der Waals surface area contributed by atoms with Crippen molar-refractivity contribution in [3.63, 3.8) is 0 Å². The van der Waals surface area contributed by atoms with E-state index in [9.17, 15) is 13.2 Å². The second-order valence-corrected chi connectivity index (χ2v) is 0.748. The van der Waals surface area contributed by atoms with Gasteiger partial charge in [-0.15, -0.1) is 12.4 Å². The molecule has 0 aromatic carbocycles. The first-order valence-corrected chi connectivity index (χ1v) is 1.32. The molecule has 0 heterocycles. The Morgan fingerprint density at radius 2 is 1.43 bits per heavy atom. The maximum absolute atomic E-state index is 10.7. The van der Waals surface area contributed by atoms with Gasteiger partial charge >= 0.3 is 6.30 Å². The zero-order valence-electron chi connectivity index (χ0n) is 3.54. The highest BCUT2D eigenvalue weighted by Crippen LogP contribution is 2.06. The van der Waals surface area contributed by atoms with Crippen molar-refractivity contribution in [1.29, 1.82) is 0 Å². The molecule has 5 heteroatoms. The first-order valence-electron chi connectivity index (χ1n) is 1.32. The lowest BCUT2D eigenvalue weighted by atomic mass is 11.1. The fourth-order valence-electron chi connectivity index (χ4n) is 0. The minimum absolute atomic E-state index is 0. The summed E-state index contributed by atoms with van der Waals surface area (Å²) < 4.78 is 32.0. The Balaban J connectivity index is 0. The Labute approximate surface area is 45.3 Å². The number of hydrogen-bond donors (Lipinski definition) is 1. The van der Waals surface area contributed by atoms with Gasteiger partial charge in [-0.2, -0.15) is 13.2 Å². The lowest BCUT2D eigenvalue weighted by Crippen LogP contribution is -2.26. The monoisotopic (exact) mass is 135 g/mol. The highest BCUT2D eigenvalue weighted by Gasteiger charge is 2.22. The highest BCUT2D eigenvalue weighted by atomic mass is 35.5. The molecule has 46 valence electrons. The lowest BCUT2D eigenvalue weighted by molar-refractivity contribution is -0.151. The van der Waals surface area contributed by atoms with Crippen LogP contribution in [0.2, 0.25) is 0 Å². The Morgan fingerprint density at radius 1 is 1.29 bits per heavy atom. The number of halogens is 4. The van der Waals surface area contributed by atoms with E-state index >= 15 is 0 Å². The number of alkyl halides is 3. The van der Waals surface area contributed by atoms with Gasteiger partial charge in [0.05, 0.1) is 0 Å². The van der Waals surface area contributed by atoms with Gasteiger partial charge in [0.2, 0.25) is 0 Å². The van der Waals surface area contributed by atoms with Crippen LogP contribution < -0.4 is 5.32 Å². The van der Waals surface area contributed by atoms with Crippen molar-refractivity contribution in [3.05, 3.63) is 0 Å². The van der Waals surface area contributed by atoms with Crippen molar-refractivity contribution in [2.75, 3.05) is 7.05 Å². The molecular weight excluding hydrogens is 130 g/mol. The molecule has 0 fully saturated rings. The maximum atomic E-state index is 10.7. The molecule has 1 nitrogen and oxygen atoms in total. The average molecular weight is 136 g/mol. The van der Waals surface area contributed by atoms with E-state index in [0.717, 1.165) is 12.4 Å². The third-order valence-electron chi connectivity index (χ3n) is 0.283. The normalized spacial score (nSPS) is 10.3. The zero-order valence-corrected chi connectivity index (χ0v) is 4.36. The van der Waals surface area contributed by atoms with Gasteiger partial charge in [-0.05, 0) is 7.05 Å². The van der Waals surface area contributed by atoms with Crippen LogP contribution in [0.25, 0.3) is 0 Å². The van der Waals surface area contributed by atoms with E-state index in [4.69, 9.17) is 0 Å². The first-order chi connectivity index (χ1) is 2.56. The Morgan fingerprint density at radius 3 is 1.43 bits per heavy atom. The van der Waals surface area contributed by atoms with Gasteiger partial charge in [0.1, 0.15) is 0 Å². The van der Waals surface area contributed by atoms with Crippen molar-refractivity contribution in [2.45, 2.75) is 6.30 Å². The van der Waals surface area contributed by atoms with Gasteiger partial charge in [-0.3, -0.25) is 0 Å². The summed E-state index contributed by atoms with van der Waals surface area (Å²) in [4.78, 5) is 0. The lowest BCUT2D eigenvalue weighted by Gasteiger charge is -1.98. The molecule has 0 aliphatic rings. The van der Waals surface area contributed by atoms with Crippen LogP contribution in [0.15, 0.2) is 0 Å². The van der Waals surface area contributed by atoms with E-state index in [1.807, 2.05) is 0 Å². The molecule has 1 N–H and O–H groups in total. The van der Waals surface area contributed by atoms with E-state index in [1.165, 1.54) is 0 Å². The van der Waals surface area contributed by atoms with Crippen molar-refractivity contribution in [3.8, 4) is 0 Å². The van der Waals surface area contributed by atoms with Gasteiger partial charge in [0.25, 0.3) is 0 Å². The summed E-state index contributed by atoms with van der Waals surface area (Å²) in [5.41, 5.74) is 0. The first kappa shape index (κ1) is 10.1. The number of hydrogen-bond acceptors (Lipinski definition) is 1. The standard InChI is InChI=1S/C2H4F3N.ClH/c1-6-2(3,4)5;/h6H,1H3;1H. The Bertz CT molecular complexity index is 42.7. The summed E-state index contributed by atoms with van der Waals surface area (Å²) in [6.07, 6.45) is -4.21. The second-order valence-electron chi connectivity index (χ2n) is 0.748. The molecule has 0 amide bonds. The van der Waals surface area contributed by atoms with Crippen LogP contribution in [0, 0.1) is 0 Å². The van der Waals surface area contributed by atoms with Crippen LogP contribution in [-0.4, -0.2) is 13.3 Å². The summed E-state index contributed by atoms with van der Waals surface area (Å²) in [5, 5.41) is 1.10. The van der Waals surface area contributed by atoms with Crippen LogP contribution >= 0.6 is 12.4 Å². The van der Waals surface area contributed by atoms with Crippen LogP contribution in [0.1, 0.15) is 0 Å². The average Bonchev–Trinajstić information content (AvgIpc) is 1.35. The Hall–Kier alpha value is 0.0400. The summed E-state index contributed by atoms with van der Waals surface area (Å²) in [5.74, 6) is 0. The molecule has 0 unspecified atom stereocenters. The van der Waals surface area contributed by atoms with Gasteiger partial charge < -0.3 is 0 Å². The summed E-state index contributed by atoms with van der Waals surface area (Å²) >= 11 is 0. The third kappa shape index (κ3) is 10.7. The van der Waals surface area contributed by atoms with Gasteiger partial charge in [0.15, 0.2) is 0 Å². The van der Waals surface area contributed by atoms with Crippen molar-refractivity contribution < 1.29 is 13.2 Å². The maximum Gasteiger partial charge on any atom is 0.457 e. The van der Waals surface area contributed by atoms with Crippen LogP contribution in [0.5, 0.6) is 0 Å². The topological polar surface area (TPSA) is 12.0 Å². The van der Waals surface area contributed by atoms with Crippen molar-refractivity contribution in [2.24, 2.45) is 0 Å². The SMILES string of the molecule is CNC(F)(F)F.Cl. The van der Waals surface area contributed by atoms with E-state index in [2.05, 4.69) is 0 Å². The zero-order chi connectivity index (χ0) is 5.21. The molecule has 0 aromatic heterocycles. The molecule has 0 aliphatic carbocycles. The van der Waals surface area contributed by atoms with Gasteiger partial charge in [0, 0.05) is 0 Å². The summed E-state index contributed by atoms with van der Waals surface area (Å²) in [6, 6.07) is 0. The van der Waals surface area contributed by atoms with Gasteiger partial charge in [-0.25, -0.2) is 5.32 Å². The fourth-order valence-corrected chi connectivity index (χ4v) is 0. The molecule has 0 spiro atoms. The smallest absolute Gasteiger partial charge is 0.231 e. The quantitative estimate of drug-likeness (QED) is 0.492. The van der Waals surface area contributed by atoms with E-state index < -0.39 is 6.30 Å². The second kappa shape index (κ2) is 3.10. The van der Waals surface area contributed by atoms with Gasteiger partial charge in [-0.1, -0.05) is 0 Å². The van der Waals surface area contributed by atoms with E-state index in [0.29, 0.717) is 0 Å². The number of rotatable bonds is 0. The molecule has 7 heavy (non-hydrogen) atoms. The molecule has 0 bridgehead atoms.